The number of aromatic nitrogens is 1. The normalized spacial score (nSPS) is 16.8. The molecule has 1 aliphatic rings. The highest BCUT2D eigenvalue weighted by Crippen LogP contribution is 2.33. The Labute approximate surface area is 139 Å². The van der Waals surface area contributed by atoms with E-state index in [1.165, 1.54) is 4.90 Å². The Morgan fingerprint density at radius 1 is 1.42 bits per heavy atom. The van der Waals surface area contributed by atoms with Crippen LogP contribution in [0.25, 0.3) is 0 Å². The van der Waals surface area contributed by atoms with Crippen LogP contribution in [0.5, 0.6) is 11.5 Å². The zero-order valence-corrected chi connectivity index (χ0v) is 13.1. The summed E-state index contributed by atoms with van der Waals surface area (Å²) in [4.78, 5) is 29.5. The number of anilines is 1. The van der Waals surface area contributed by atoms with E-state index in [-0.39, 0.29) is 24.9 Å². The summed E-state index contributed by atoms with van der Waals surface area (Å²) in [5.74, 6) is 0.530. The first-order valence-corrected chi connectivity index (χ1v) is 7.43. The fourth-order valence-corrected chi connectivity index (χ4v) is 2.34. The van der Waals surface area contributed by atoms with Gasteiger partial charge in [0, 0.05) is 19.3 Å². The van der Waals surface area contributed by atoms with E-state index in [1.807, 2.05) is 0 Å². The van der Waals surface area contributed by atoms with Crippen molar-refractivity contribution in [2.45, 2.75) is 6.04 Å². The standard InChI is InChI=1S/C17H17N3O4/c1-20-14-8-11(5-6-16(14)24-9-12(18)17(20)22)23-10-15(21)13-4-2-3-7-19-13/h2-8,12H,9-10,18H2,1H3/t12-/m0/s1. The Morgan fingerprint density at radius 3 is 3.00 bits per heavy atom. The van der Waals surface area contributed by atoms with E-state index in [1.54, 1.807) is 49.6 Å². The van der Waals surface area contributed by atoms with Crippen LogP contribution < -0.4 is 20.1 Å². The van der Waals surface area contributed by atoms with Crippen LogP contribution in [0, 0.1) is 0 Å². The second-order valence-corrected chi connectivity index (χ2v) is 5.37. The summed E-state index contributed by atoms with van der Waals surface area (Å²) >= 11 is 0. The molecule has 2 N–H and O–H groups in total. The van der Waals surface area contributed by atoms with E-state index in [0.717, 1.165) is 0 Å². The van der Waals surface area contributed by atoms with Crippen LogP contribution in [-0.4, -0.2) is 43.0 Å². The van der Waals surface area contributed by atoms with Gasteiger partial charge in [-0.3, -0.25) is 14.6 Å². The van der Waals surface area contributed by atoms with Gasteiger partial charge < -0.3 is 20.1 Å². The molecule has 0 fully saturated rings. The van der Waals surface area contributed by atoms with Gasteiger partial charge in [0.1, 0.15) is 29.8 Å². The monoisotopic (exact) mass is 327 g/mol. The smallest absolute Gasteiger partial charge is 0.247 e. The largest absolute Gasteiger partial charge is 0.489 e. The molecule has 3 rings (SSSR count). The van der Waals surface area contributed by atoms with Gasteiger partial charge >= 0.3 is 0 Å². The topological polar surface area (TPSA) is 94.8 Å². The van der Waals surface area contributed by atoms with Crippen LogP contribution in [0.4, 0.5) is 5.69 Å². The molecule has 0 saturated heterocycles. The number of likely N-dealkylation sites (N-methyl/N-ethyl adjacent to an activating group) is 1. The van der Waals surface area contributed by atoms with E-state index in [4.69, 9.17) is 15.2 Å². The van der Waals surface area contributed by atoms with E-state index < -0.39 is 6.04 Å². The number of amides is 1. The minimum absolute atomic E-state index is 0.120. The molecular formula is C17H17N3O4. The molecule has 1 aromatic carbocycles. The number of carbonyl (C=O) groups is 2. The van der Waals surface area contributed by atoms with E-state index in [2.05, 4.69) is 4.98 Å². The lowest BCUT2D eigenvalue weighted by atomic mass is 10.2. The number of rotatable bonds is 4. The van der Waals surface area contributed by atoms with Crippen molar-refractivity contribution >= 4 is 17.4 Å². The Bertz CT molecular complexity index is 764. The molecule has 0 radical (unpaired) electrons. The lowest BCUT2D eigenvalue weighted by molar-refractivity contribution is -0.119. The molecule has 0 unspecified atom stereocenters. The highest BCUT2D eigenvalue weighted by atomic mass is 16.5. The number of Topliss-reactive ketones (excluding diaryl/α,β-unsaturated/α-hetero) is 1. The van der Waals surface area contributed by atoms with Crippen LogP contribution >= 0.6 is 0 Å². The zero-order chi connectivity index (χ0) is 17.1. The summed E-state index contributed by atoms with van der Waals surface area (Å²) in [6.07, 6.45) is 1.55. The number of fused-ring (bicyclic) bond motifs is 1. The fourth-order valence-electron chi connectivity index (χ4n) is 2.34. The predicted molar refractivity (Wildman–Crippen MR) is 87.4 cm³/mol. The Kier molecular flexibility index (Phi) is 4.43. The van der Waals surface area contributed by atoms with Crippen LogP contribution in [0.3, 0.4) is 0 Å². The summed E-state index contributed by atoms with van der Waals surface area (Å²) in [7, 11) is 1.62. The van der Waals surface area contributed by atoms with Crippen molar-refractivity contribution in [3.63, 3.8) is 0 Å². The van der Waals surface area contributed by atoms with Crippen molar-refractivity contribution in [2.75, 3.05) is 25.2 Å². The second-order valence-electron chi connectivity index (χ2n) is 5.37. The van der Waals surface area contributed by atoms with Crippen molar-refractivity contribution in [3.05, 3.63) is 48.3 Å². The van der Waals surface area contributed by atoms with Gasteiger partial charge in [-0.05, 0) is 24.3 Å². The number of pyridine rings is 1. The summed E-state index contributed by atoms with van der Waals surface area (Å²) < 4.78 is 11.1. The van der Waals surface area contributed by atoms with Crippen molar-refractivity contribution < 1.29 is 19.1 Å². The number of nitrogens with two attached hydrogens (primary N) is 1. The van der Waals surface area contributed by atoms with Gasteiger partial charge in [-0.1, -0.05) is 6.07 Å². The second kappa shape index (κ2) is 6.67. The first-order chi connectivity index (χ1) is 11.6. The van der Waals surface area contributed by atoms with Crippen LogP contribution in [0.15, 0.2) is 42.6 Å². The molecule has 2 aromatic rings. The third kappa shape index (κ3) is 3.21. The number of hydrogen-bond donors (Lipinski definition) is 1. The Morgan fingerprint density at radius 2 is 2.25 bits per heavy atom. The molecule has 0 saturated carbocycles. The van der Waals surface area contributed by atoms with Gasteiger partial charge in [-0.25, -0.2) is 0 Å². The van der Waals surface area contributed by atoms with Crippen LogP contribution in [-0.2, 0) is 4.79 Å². The average molecular weight is 327 g/mol. The Balaban J connectivity index is 1.75. The molecule has 7 nitrogen and oxygen atoms in total. The van der Waals surface area contributed by atoms with Gasteiger partial charge in [0.05, 0.1) is 5.69 Å². The molecule has 124 valence electrons. The van der Waals surface area contributed by atoms with E-state index in [0.29, 0.717) is 22.9 Å². The summed E-state index contributed by atoms with van der Waals surface area (Å²) in [5.41, 5.74) is 6.64. The van der Waals surface area contributed by atoms with Crippen LogP contribution in [0.1, 0.15) is 10.5 Å². The SMILES string of the molecule is CN1C(=O)[C@@H](N)COc2ccc(OCC(=O)c3ccccn3)cc21. The molecule has 0 spiro atoms. The van der Waals surface area contributed by atoms with Gasteiger partial charge in [-0.15, -0.1) is 0 Å². The van der Waals surface area contributed by atoms with Crippen LogP contribution in [0.2, 0.25) is 0 Å². The summed E-state index contributed by atoms with van der Waals surface area (Å²) in [6, 6.07) is 9.42. The maximum atomic E-state index is 12.1. The number of hydrogen-bond acceptors (Lipinski definition) is 6. The van der Waals surface area contributed by atoms with Crippen molar-refractivity contribution in [1.29, 1.82) is 0 Å². The van der Waals surface area contributed by atoms with Gasteiger partial charge in [0.15, 0.2) is 6.61 Å². The molecule has 1 aliphatic heterocycles. The maximum Gasteiger partial charge on any atom is 0.247 e. The Hall–Kier alpha value is -2.93. The highest BCUT2D eigenvalue weighted by molar-refractivity contribution is 5.99. The third-order valence-electron chi connectivity index (χ3n) is 3.68. The third-order valence-corrected chi connectivity index (χ3v) is 3.68. The maximum absolute atomic E-state index is 12.1. The van der Waals surface area contributed by atoms with Crippen molar-refractivity contribution in [1.82, 2.24) is 4.98 Å². The van der Waals surface area contributed by atoms with Gasteiger partial charge in [0.2, 0.25) is 11.7 Å². The number of carbonyl (C=O) groups excluding carboxylic acids is 2. The molecule has 0 bridgehead atoms. The fraction of sp³-hybridized carbons (Fsp3) is 0.235. The molecule has 1 atom stereocenters. The highest BCUT2D eigenvalue weighted by Gasteiger charge is 2.26. The van der Waals surface area contributed by atoms with Crippen molar-refractivity contribution in [3.8, 4) is 11.5 Å². The molecule has 1 amide bonds. The average Bonchev–Trinajstić information content (AvgIpc) is 2.73. The number of benzene rings is 1. The molecular weight excluding hydrogens is 310 g/mol. The lowest BCUT2D eigenvalue weighted by Crippen LogP contribution is -2.43. The predicted octanol–water partition coefficient (Wildman–Crippen LogP) is 1.03. The van der Waals surface area contributed by atoms with Gasteiger partial charge in [0.25, 0.3) is 0 Å². The quantitative estimate of drug-likeness (QED) is 0.843. The molecule has 1 aromatic heterocycles. The van der Waals surface area contributed by atoms with Gasteiger partial charge in [-0.2, -0.15) is 0 Å². The molecule has 2 heterocycles. The number of nitrogens with zero attached hydrogens (tertiary/aromatic N) is 2. The minimum atomic E-state index is -0.711. The zero-order valence-electron chi connectivity index (χ0n) is 13.1. The minimum Gasteiger partial charge on any atom is -0.489 e. The molecule has 24 heavy (non-hydrogen) atoms. The molecule has 7 heteroatoms. The first-order valence-electron chi connectivity index (χ1n) is 7.43. The molecule has 0 aliphatic carbocycles. The first kappa shape index (κ1) is 15.9. The summed E-state index contributed by atoms with van der Waals surface area (Å²) in [6.45, 7) is -0.0254. The van der Waals surface area contributed by atoms with E-state index in [9.17, 15) is 9.59 Å². The van der Waals surface area contributed by atoms with E-state index >= 15 is 0 Å². The lowest BCUT2D eigenvalue weighted by Gasteiger charge is -2.18. The number of ether oxygens (including phenoxy) is 2. The van der Waals surface area contributed by atoms with Crippen molar-refractivity contribution in [2.24, 2.45) is 5.73 Å². The number of ketones is 1. The summed E-state index contributed by atoms with van der Waals surface area (Å²) in [5, 5.41) is 0.